The third-order valence-corrected chi connectivity index (χ3v) is 3.76. The number of rotatable bonds is 5. The number of hydrogen-bond donors (Lipinski definition) is 0. The first-order valence-corrected chi connectivity index (χ1v) is 7.65. The summed E-state index contributed by atoms with van der Waals surface area (Å²) in [7, 11) is 1.95. The molecule has 0 amide bonds. The van der Waals surface area contributed by atoms with Crippen LogP contribution in [0.2, 0.25) is 0 Å². The second kappa shape index (κ2) is 5.85. The van der Waals surface area contributed by atoms with Gasteiger partial charge in [-0.1, -0.05) is 19.4 Å². The lowest BCUT2D eigenvalue weighted by atomic mass is 10.2. The highest BCUT2D eigenvalue weighted by Crippen LogP contribution is 2.22. The van der Waals surface area contributed by atoms with E-state index in [4.69, 9.17) is 11.6 Å². The summed E-state index contributed by atoms with van der Waals surface area (Å²) in [6.07, 6.45) is 3.78. The molecule has 0 aliphatic heterocycles. The highest BCUT2D eigenvalue weighted by molar-refractivity contribution is 6.16. The SMILES string of the molecule is CCCc1nn(C)c2c1nc(CCl)n2Cc1ccccn1. The number of halogens is 1. The van der Waals surface area contributed by atoms with Crippen LogP contribution in [0.1, 0.15) is 30.6 Å². The van der Waals surface area contributed by atoms with Gasteiger partial charge in [-0.25, -0.2) is 4.98 Å². The molecule has 21 heavy (non-hydrogen) atoms. The molecule has 0 saturated carbocycles. The largest absolute Gasteiger partial charge is 0.306 e. The van der Waals surface area contributed by atoms with Crippen molar-refractivity contribution in [3.05, 3.63) is 41.6 Å². The number of nitrogens with zero attached hydrogens (tertiary/aromatic N) is 5. The number of alkyl halides is 1. The highest BCUT2D eigenvalue weighted by atomic mass is 35.5. The van der Waals surface area contributed by atoms with Crippen LogP contribution in [0, 0.1) is 0 Å². The van der Waals surface area contributed by atoms with Gasteiger partial charge in [0, 0.05) is 13.2 Å². The van der Waals surface area contributed by atoms with E-state index in [1.165, 1.54) is 0 Å². The minimum absolute atomic E-state index is 0.382. The van der Waals surface area contributed by atoms with Crippen molar-refractivity contribution in [1.82, 2.24) is 24.3 Å². The van der Waals surface area contributed by atoms with Gasteiger partial charge in [0.25, 0.3) is 0 Å². The van der Waals surface area contributed by atoms with Crippen molar-refractivity contribution < 1.29 is 0 Å². The standard InChI is InChI=1S/C15H18ClN5/c1-3-6-12-14-15(20(2)19-12)21(13(9-16)18-14)10-11-7-4-5-8-17-11/h4-5,7-8H,3,6,9-10H2,1-2H3. The van der Waals surface area contributed by atoms with Crippen molar-refractivity contribution in [3.63, 3.8) is 0 Å². The summed E-state index contributed by atoms with van der Waals surface area (Å²) in [5.74, 6) is 1.25. The van der Waals surface area contributed by atoms with Crippen molar-refractivity contribution in [2.45, 2.75) is 32.2 Å². The van der Waals surface area contributed by atoms with Gasteiger partial charge in [-0.2, -0.15) is 5.10 Å². The van der Waals surface area contributed by atoms with E-state index in [1.807, 2.05) is 29.9 Å². The number of imidazole rings is 1. The highest BCUT2D eigenvalue weighted by Gasteiger charge is 2.18. The molecule has 0 atom stereocenters. The Hall–Kier alpha value is -1.88. The Labute approximate surface area is 128 Å². The molecule has 0 unspecified atom stereocenters. The van der Waals surface area contributed by atoms with Crippen molar-refractivity contribution >= 4 is 22.8 Å². The average molecular weight is 304 g/mol. The van der Waals surface area contributed by atoms with Crippen LogP contribution < -0.4 is 0 Å². The molecule has 3 aromatic rings. The summed E-state index contributed by atoms with van der Waals surface area (Å²) in [5, 5.41) is 4.59. The molecule has 3 rings (SSSR count). The molecule has 0 spiro atoms. The van der Waals surface area contributed by atoms with Gasteiger partial charge in [-0.15, -0.1) is 11.6 Å². The first-order chi connectivity index (χ1) is 10.2. The molecule has 0 saturated heterocycles. The van der Waals surface area contributed by atoms with Crippen LogP contribution in [0.15, 0.2) is 24.4 Å². The Balaban J connectivity index is 2.11. The topological polar surface area (TPSA) is 48.5 Å². The number of aryl methyl sites for hydroxylation is 2. The molecule has 0 radical (unpaired) electrons. The van der Waals surface area contributed by atoms with E-state index >= 15 is 0 Å². The van der Waals surface area contributed by atoms with Gasteiger partial charge in [0.05, 0.1) is 23.8 Å². The second-order valence-corrected chi connectivity index (χ2v) is 5.33. The Morgan fingerprint density at radius 1 is 1.29 bits per heavy atom. The maximum atomic E-state index is 6.08. The summed E-state index contributed by atoms with van der Waals surface area (Å²) in [6.45, 7) is 2.80. The van der Waals surface area contributed by atoms with Crippen LogP contribution in [-0.2, 0) is 25.9 Å². The first kappa shape index (κ1) is 14.1. The third-order valence-electron chi connectivity index (χ3n) is 3.52. The molecule has 0 aliphatic carbocycles. The fourth-order valence-corrected chi connectivity index (χ4v) is 2.82. The average Bonchev–Trinajstić information content (AvgIpc) is 3.00. The third kappa shape index (κ3) is 2.53. The van der Waals surface area contributed by atoms with Crippen molar-refractivity contribution in [1.29, 1.82) is 0 Å². The van der Waals surface area contributed by atoms with Gasteiger partial charge in [0.1, 0.15) is 11.3 Å². The van der Waals surface area contributed by atoms with Crippen LogP contribution in [0.25, 0.3) is 11.2 Å². The van der Waals surface area contributed by atoms with E-state index in [9.17, 15) is 0 Å². The Bertz CT molecular complexity index is 744. The Kier molecular flexibility index (Phi) is 3.92. The molecular weight excluding hydrogens is 286 g/mol. The number of aromatic nitrogens is 5. The second-order valence-electron chi connectivity index (χ2n) is 5.06. The summed E-state index contributed by atoms with van der Waals surface area (Å²) >= 11 is 6.08. The number of fused-ring (bicyclic) bond motifs is 1. The van der Waals surface area contributed by atoms with Gasteiger partial charge >= 0.3 is 0 Å². The predicted molar refractivity (Wildman–Crippen MR) is 83.4 cm³/mol. The molecule has 0 aromatic carbocycles. The van der Waals surface area contributed by atoms with Gasteiger partial charge in [0.2, 0.25) is 0 Å². The molecule has 0 bridgehead atoms. The minimum Gasteiger partial charge on any atom is -0.306 e. The van der Waals surface area contributed by atoms with E-state index in [-0.39, 0.29) is 0 Å². The van der Waals surface area contributed by atoms with Gasteiger partial charge in [-0.3, -0.25) is 9.67 Å². The van der Waals surface area contributed by atoms with Gasteiger partial charge < -0.3 is 4.57 Å². The van der Waals surface area contributed by atoms with Crippen LogP contribution >= 0.6 is 11.6 Å². The Morgan fingerprint density at radius 2 is 2.14 bits per heavy atom. The zero-order valence-electron chi connectivity index (χ0n) is 12.3. The summed E-state index contributed by atoms with van der Waals surface area (Å²) in [6, 6.07) is 5.91. The van der Waals surface area contributed by atoms with Gasteiger partial charge in [0.15, 0.2) is 5.65 Å². The normalized spacial score (nSPS) is 11.4. The molecule has 3 aromatic heterocycles. The number of hydrogen-bond acceptors (Lipinski definition) is 3. The smallest absolute Gasteiger partial charge is 0.159 e. The van der Waals surface area contributed by atoms with Crippen molar-refractivity contribution in [3.8, 4) is 0 Å². The zero-order chi connectivity index (χ0) is 14.8. The van der Waals surface area contributed by atoms with E-state index in [0.29, 0.717) is 12.4 Å². The lowest BCUT2D eigenvalue weighted by Crippen LogP contribution is -2.08. The van der Waals surface area contributed by atoms with E-state index in [2.05, 4.69) is 26.6 Å². The van der Waals surface area contributed by atoms with Crippen LogP contribution in [0.5, 0.6) is 0 Å². The monoisotopic (exact) mass is 303 g/mol. The number of pyridine rings is 1. The quantitative estimate of drug-likeness (QED) is 0.681. The van der Waals surface area contributed by atoms with Crippen molar-refractivity contribution in [2.24, 2.45) is 7.05 Å². The Morgan fingerprint density at radius 3 is 2.81 bits per heavy atom. The van der Waals surface area contributed by atoms with Crippen LogP contribution in [0.3, 0.4) is 0 Å². The fourth-order valence-electron chi connectivity index (χ4n) is 2.61. The maximum Gasteiger partial charge on any atom is 0.159 e. The lowest BCUT2D eigenvalue weighted by Gasteiger charge is -2.07. The molecule has 0 fully saturated rings. The predicted octanol–water partition coefficient (Wildman–Crippen LogP) is 2.90. The van der Waals surface area contributed by atoms with E-state index in [1.54, 1.807) is 6.20 Å². The van der Waals surface area contributed by atoms with Crippen LogP contribution in [0.4, 0.5) is 0 Å². The minimum atomic E-state index is 0.382. The van der Waals surface area contributed by atoms with E-state index in [0.717, 1.165) is 41.2 Å². The molecule has 110 valence electrons. The van der Waals surface area contributed by atoms with Gasteiger partial charge in [-0.05, 0) is 18.6 Å². The first-order valence-electron chi connectivity index (χ1n) is 7.11. The van der Waals surface area contributed by atoms with E-state index < -0.39 is 0 Å². The molecule has 0 N–H and O–H groups in total. The zero-order valence-corrected chi connectivity index (χ0v) is 13.0. The fraction of sp³-hybridized carbons (Fsp3) is 0.400. The molecule has 3 heterocycles. The molecule has 5 nitrogen and oxygen atoms in total. The summed E-state index contributed by atoms with van der Waals surface area (Å²) in [4.78, 5) is 9.07. The maximum absolute atomic E-state index is 6.08. The summed E-state index contributed by atoms with van der Waals surface area (Å²) in [5.41, 5.74) is 4.01. The molecule has 0 aliphatic rings. The van der Waals surface area contributed by atoms with Crippen molar-refractivity contribution in [2.75, 3.05) is 0 Å². The van der Waals surface area contributed by atoms with Crippen LogP contribution in [-0.4, -0.2) is 24.3 Å². The summed E-state index contributed by atoms with van der Waals surface area (Å²) < 4.78 is 4.00. The lowest BCUT2D eigenvalue weighted by molar-refractivity contribution is 0.686. The molecular formula is C15H18ClN5. The molecule has 6 heteroatoms.